The lowest BCUT2D eigenvalue weighted by Crippen LogP contribution is -1.85. The molecule has 722 valence electrons. The Labute approximate surface area is 897 Å². The van der Waals surface area contributed by atoms with E-state index in [1.165, 1.54) is 34.4 Å². The van der Waals surface area contributed by atoms with Gasteiger partial charge in [-0.15, -0.1) is 126 Å². The zero-order chi connectivity index (χ0) is 109. The van der Waals surface area contributed by atoms with E-state index in [2.05, 4.69) is 158 Å². The molecule has 0 unspecified atom stereocenters. The Hall–Kier alpha value is -20.0. The predicted octanol–water partition coefficient (Wildman–Crippen LogP) is 29.5. The van der Waals surface area contributed by atoms with Crippen LogP contribution in [0, 0.1) is 243 Å². The lowest BCUT2D eigenvalue weighted by molar-refractivity contribution is 0.282. The number of thiophene rings is 1. The van der Waals surface area contributed by atoms with Gasteiger partial charge < -0.3 is 19.7 Å². The van der Waals surface area contributed by atoms with Crippen LogP contribution in [0.3, 0.4) is 0 Å². The Kier molecular flexibility index (Phi) is 69.6. The van der Waals surface area contributed by atoms with Gasteiger partial charge in [-0.2, -0.15) is 0 Å². The molecule has 0 spiro atoms. The standard InChI is InChI=1S/C10H10O.C10H10.C10H6.C10H10.C9H5N.2C9H8O.2C9H8.C8H5Br.C8H5Cl.C8H5F.C8H6O.C8H6.C7H5N.C6H4S/c1-4-9-5-8(2)6-10(7-9)11-3;2*1-3-9-5-7-10(4-2)8-6-9;1-2-3-7-10-8-5-4-6-9-10;1-3-8-4-6-9(10-2)7-5-8;1-3-8-5-4-6-9(7-8)10-2;1-2-8-3-5-9(7-10)6-4-8;2*1-3-9-6-4-8(2)5-7-9;3*1-2-7-3-5-8(9)6-4-7;1-2-7-4-3-5-8(9)6-7;1-2-8-6-4-3-5-7-8;1-2-7-4-3-5-8-6-7;1-2-6-4-3-5-7-6/h1,5-7H,2-3H3;1,5-8H,4H2,2H3;1-2,5-8H;1,4-6,8-9H,3,7H2;1,4-7H;1,4-7H,2H3;1,3-6,10H,7H2;2*1,4-7H,2H3;3*1,3-6H;1,3-6,9H;1,3-7H;1,3-6H;1,3-5H. The number of aromatic nitrogens is 1. The molecule has 16 aromatic rings. The summed E-state index contributed by atoms with van der Waals surface area (Å²) >= 11 is 10.5. The van der Waals surface area contributed by atoms with Crippen LogP contribution in [0.25, 0.3) is 4.85 Å². The molecule has 10 heteroatoms. The normalized spacial score (nSPS) is 8.35. The first-order valence-electron chi connectivity index (χ1n) is 44.6. The third-order valence-electron chi connectivity index (χ3n) is 18.2. The highest BCUT2D eigenvalue weighted by Crippen LogP contribution is 2.18. The van der Waals surface area contributed by atoms with Gasteiger partial charge in [-0.05, 0) is 292 Å². The fourth-order valence-corrected chi connectivity index (χ4v) is 11.2. The molecule has 0 aliphatic carbocycles. The largest absolute Gasteiger partial charge is 0.508 e. The number of nitrogens with zero attached hydrogens (tertiary/aromatic N) is 2. The number of benzene rings is 14. The van der Waals surface area contributed by atoms with Gasteiger partial charge in [-0.25, -0.2) is 9.24 Å². The smallest absolute Gasteiger partial charge is 0.187 e. The lowest BCUT2D eigenvalue weighted by Gasteiger charge is -2.01. The number of ether oxygens (including phenoxy) is 2. The summed E-state index contributed by atoms with van der Waals surface area (Å²) in [5, 5.41) is 20.2. The van der Waals surface area contributed by atoms with Crippen LogP contribution < -0.4 is 9.47 Å². The van der Waals surface area contributed by atoms with E-state index in [0.29, 0.717) is 21.8 Å². The van der Waals surface area contributed by atoms with Crippen molar-refractivity contribution in [2.24, 2.45) is 0 Å². The minimum atomic E-state index is -0.256. The van der Waals surface area contributed by atoms with Crippen molar-refractivity contribution in [1.29, 1.82) is 0 Å². The number of aliphatic hydroxyl groups is 1. The molecular weight excluding hydrogens is 1920 g/mol. The van der Waals surface area contributed by atoms with Gasteiger partial charge >= 0.3 is 0 Å². The number of phenols is 1. The second kappa shape index (κ2) is 81.8. The molecule has 0 saturated heterocycles. The van der Waals surface area contributed by atoms with E-state index in [0.717, 1.165) is 124 Å². The molecule has 14 aromatic carbocycles. The average Bonchev–Trinajstić information content (AvgIpc) is 1.06. The molecule has 16 rings (SSSR count). The van der Waals surface area contributed by atoms with E-state index < -0.39 is 0 Å². The maximum absolute atomic E-state index is 12.2. The summed E-state index contributed by atoms with van der Waals surface area (Å²) in [5.41, 5.74) is 20.7. The van der Waals surface area contributed by atoms with Gasteiger partial charge in [-0.3, -0.25) is 4.98 Å². The second-order valence-corrected chi connectivity index (χ2v) is 31.3. The van der Waals surface area contributed by atoms with Gasteiger partial charge in [0.05, 0.1) is 32.3 Å². The topological polar surface area (TPSA) is 76.2 Å². The van der Waals surface area contributed by atoms with Gasteiger partial charge in [0, 0.05) is 112 Å². The van der Waals surface area contributed by atoms with Crippen molar-refractivity contribution >= 4 is 44.6 Å². The highest BCUT2D eigenvalue weighted by Gasteiger charge is 1.98. The van der Waals surface area contributed by atoms with Gasteiger partial charge in [0.2, 0.25) is 0 Å². The number of phenolic OH excluding ortho intramolecular Hbond substituents is 1. The van der Waals surface area contributed by atoms with Gasteiger partial charge in [0.25, 0.3) is 0 Å². The number of aliphatic hydroxyl groups excluding tert-OH is 1. The molecular formula is C138H109BrClFN2O4S. The van der Waals surface area contributed by atoms with Crippen LogP contribution in [-0.4, -0.2) is 29.4 Å². The van der Waals surface area contributed by atoms with Crippen LogP contribution in [0.5, 0.6) is 17.2 Å². The Morgan fingerprint density at radius 1 is 0.345 bits per heavy atom. The highest BCUT2D eigenvalue weighted by molar-refractivity contribution is 9.10. The minimum Gasteiger partial charge on any atom is -0.508 e. The fourth-order valence-electron chi connectivity index (χ4n) is 10.2. The molecule has 148 heavy (non-hydrogen) atoms. The predicted molar refractivity (Wildman–Crippen MR) is 626 cm³/mol. The van der Waals surface area contributed by atoms with Crippen molar-refractivity contribution in [1.82, 2.24) is 4.98 Å². The third kappa shape index (κ3) is 61.4. The maximum Gasteiger partial charge on any atom is 0.187 e. The van der Waals surface area contributed by atoms with Crippen molar-refractivity contribution in [3.8, 4) is 227 Å². The number of aromatic hydroxyl groups is 1. The monoisotopic (exact) mass is 2020 g/mol. The van der Waals surface area contributed by atoms with E-state index in [9.17, 15) is 4.39 Å². The van der Waals surface area contributed by atoms with Gasteiger partial charge in [-0.1, -0.05) is 280 Å². The molecule has 0 aliphatic rings. The molecule has 0 aliphatic heterocycles. The molecule has 6 nitrogen and oxygen atoms in total. The molecule has 0 amide bonds. The van der Waals surface area contributed by atoms with Crippen LogP contribution >= 0.6 is 38.9 Å². The summed E-state index contributed by atoms with van der Waals surface area (Å²) in [5.74, 6) is 44.3. The van der Waals surface area contributed by atoms with Crippen LogP contribution in [0.15, 0.2) is 392 Å². The number of pyridine rings is 1. The first-order valence-corrected chi connectivity index (χ1v) is 46.6. The third-order valence-corrected chi connectivity index (χ3v) is 19.8. The van der Waals surface area contributed by atoms with E-state index in [1.54, 1.807) is 111 Å². The summed E-state index contributed by atoms with van der Waals surface area (Å²) in [6.07, 6.45) is 93.3. The van der Waals surface area contributed by atoms with Crippen molar-refractivity contribution < 1.29 is 24.1 Å². The van der Waals surface area contributed by atoms with Crippen LogP contribution in [0.1, 0.15) is 135 Å². The molecule has 0 bridgehead atoms. The number of halogens is 3. The van der Waals surface area contributed by atoms with Crippen molar-refractivity contribution in [2.45, 2.75) is 53.6 Å². The molecule has 2 N–H and O–H groups in total. The molecule has 2 heterocycles. The summed E-state index contributed by atoms with van der Waals surface area (Å²) in [6.45, 7) is 14.9. The Balaban J connectivity index is 0.000000790. The lowest BCUT2D eigenvalue weighted by atomic mass is 10.1. The van der Waals surface area contributed by atoms with Crippen LogP contribution in [0.4, 0.5) is 10.1 Å². The summed E-state index contributed by atoms with van der Waals surface area (Å²) in [7, 11) is 3.25. The SMILES string of the molecule is C#CCCc1ccccc1.C#Cc1cc(C)cc(OC)c1.C#Cc1ccc(Br)cc1.C#Cc1ccc(C#C)cc1.C#Cc1ccc(C)cc1.C#Cc1ccc(C)cc1.C#Cc1ccc(CC)cc1.C#Cc1ccc(CO)cc1.C#Cc1ccc(Cl)cc1.C#Cc1ccc(F)cc1.C#Cc1cccc(O)c1.C#Cc1cccc(OC)c1.C#Cc1ccccc1.C#Cc1cccnc1.C#Cc1cccs1.[C-]#[N+]c1ccc(C#C)cc1. The molecule has 0 fully saturated rings. The quantitative estimate of drug-likeness (QED) is 0.128. The van der Waals surface area contributed by atoms with Gasteiger partial charge in [0.1, 0.15) is 23.1 Å². The summed E-state index contributed by atoms with van der Waals surface area (Å²) < 4.78 is 23.2. The van der Waals surface area contributed by atoms with E-state index in [4.69, 9.17) is 147 Å². The highest BCUT2D eigenvalue weighted by atomic mass is 79.9. The average molecular weight is 2030 g/mol. The first kappa shape index (κ1) is 126. The maximum atomic E-state index is 12.2. The van der Waals surface area contributed by atoms with Crippen molar-refractivity contribution in [2.75, 3.05) is 14.2 Å². The fraction of sp³-hybridized carbons (Fsp3) is 0.0725. The van der Waals surface area contributed by atoms with Crippen molar-refractivity contribution in [3.63, 3.8) is 0 Å². The van der Waals surface area contributed by atoms with E-state index in [-0.39, 0.29) is 18.2 Å². The van der Waals surface area contributed by atoms with E-state index in [1.807, 2.05) is 287 Å². The Morgan fingerprint density at radius 3 is 1.03 bits per heavy atom. The first-order chi connectivity index (χ1) is 71.8. The van der Waals surface area contributed by atoms with Crippen molar-refractivity contribution in [3.05, 3.63) is 536 Å². The van der Waals surface area contributed by atoms with Gasteiger partial charge in [0.15, 0.2) is 5.69 Å². The minimum absolute atomic E-state index is 0.0743. The number of terminal acetylenes is 17. The Morgan fingerprint density at radius 2 is 0.696 bits per heavy atom. The van der Waals surface area contributed by atoms with Crippen LogP contribution in [0.2, 0.25) is 5.02 Å². The number of aryl methyl sites for hydroxylation is 5. The molecule has 0 atom stereocenters. The zero-order valence-electron chi connectivity index (χ0n) is 83.2. The van der Waals surface area contributed by atoms with Crippen LogP contribution in [-0.2, 0) is 19.4 Å². The summed E-state index contributed by atoms with van der Waals surface area (Å²) in [4.78, 5) is 8.04. The number of hydrogen-bond acceptors (Lipinski definition) is 6. The molecule has 0 saturated carbocycles. The Bertz CT molecular complexity index is 6820. The number of methoxy groups -OCH3 is 2. The summed E-state index contributed by atoms with van der Waals surface area (Å²) in [6, 6.07) is 113. The number of rotatable bonds is 6. The molecule has 0 radical (unpaired) electrons. The zero-order valence-corrected chi connectivity index (χ0v) is 86.4. The number of hydrogen-bond donors (Lipinski definition) is 2. The second-order valence-electron chi connectivity index (χ2n) is 29.0. The van der Waals surface area contributed by atoms with E-state index >= 15 is 0 Å². The molecule has 2 aromatic heterocycles.